The number of carbonyl (C=O) groups is 3. The van der Waals surface area contributed by atoms with E-state index >= 15 is 0 Å². The average molecular weight is 551 g/mol. The molecule has 0 radical (unpaired) electrons. The molecule has 0 unspecified atom stereocenters. The summed E-state index contributed by atoms with van der Waals surface area (Å²) in [5.74, 6) is -3.77. The number of para-hydroxylation sites is 1. The van der Waals surface area contributed by atoms with Crippen LogP contribution in [0.1, 0.15) is 29.8 Å². The van der Waals surface area contributed by atoms with Crippen molar-refractivity contribution in [2.45, 2.75) is 26.6 Å². The average Bonchev–Trinajstić information content (AvgIpc) is 2.90. The summed E-state index contributed by atoms with van der Waals surface area (Å²) in [6.07, 6.45) is -3.82. The van der Waals surface area contributed by atoms with Gasteiger partial charge in [-0.3, -0.25) is 19.1 Å². The summed E-state index contributed by atoms with van der Waals surface area (Å²) in [7, 11) is 0. The molecule has 3 aromatic rings. The van der Waals surface area contributed by atoms with Gasteiger partial charge < -0.3 is 14.9 Å². The Morgan fingerprint density at radius 2 is 1.59 bits per heavy atom. The molecule has 1 aromatic heterocycles. The van der Waals surface area contributed by atoms with Crippen molar-refractivity contribution in [3.8, 4) is 0 Å². The highest BCUT2D eigenvalue weighted by atomic mass is 19.4. The van der Waals surface area contributed by atoms with Gasteiger partial charge in [-0.05, 0) is 29.8 Å². The van der Waals surface area contributed by atoms with Crippen molar-refractivity contribution in [1.29, 1.82) is 0 Å². The van der Waals surface area contributed by atoms with Gasteiger partial charge in [0.15, 0.2) is 0 Å². The third kappa shape index (κ3) is 7.18. The van der Waals surface area contributed by atoms with E-state index in [-0.39, 0.29) is 29.4 Å². The minimum atomic E-state index is -5.08. The molecule has 9 nitrogen and oxygen atoms in total. The maximum Gasteiger partial charge on any atom is 0.490 e. The zero-order valence-electron chi connectivity index (χ0n) is 21.1. The fourth-order valence-electron chi connectivity index (χ4n) is 3.96. The second-order valence-electron chi connectivity index (χ2n) is 9.07. The maximum atomic E-state index is 14.6. The predicted molar refractivity (Wildman–Crippen MR) is 133 cm³/mol. The van der Waals surface area contributed by atoms with Gasteiger partial charge in [0, 0.05) is 37.5 Å². The number of fused-ring (bicyclic) bond motifs is 1. The van der Waals surface area contributed by atoms with E-state index in [4.69, 9.17) is 9.90 Å². The lowest BCUT2D eigenvalue weighted by molar-refractivity contribution is -0.192. The van der Waals surface area contributed by atoms with Crippen molar-refractivity contribution in [2.24, 2.45) is 5.92 Å². The third-order valence-electron chi connectivity index (χ3n) is 5.97. The van der Waals surface area contributed by atoms with Crippen molar-refractivity contribution >= 4 is 28.7 Å². The van der Waals surface area contributed by atoms with Crippen LogP contribution in [0.3, 0.4) is 0 Å². The first kappa shape index (κ1) is 29.3. The number of benzene rings is 2. The van der Waals surface area contributed by atoms with Crippen LogP contribution in [0.2, 0.25) is 0 Å². The van der Waals surface area contributed by atoms with Crippen LogP contribution in [0.4, 0.5) is 17.6 Å². The van der Waals surface area contributed by atoms with Crippen molar-refractivity contribution < 1.29 is 37.1 Å². The molecule has 4 rings (SSSR count). The second kappa shape index (κ2) is 12.0. The Kier molecular flexibility index (Phi) is 9.04. The van der Waals surface area contributed by atoms with Crippen LogP contribution in [0.15, 0.2) is 53.5 Å². The molecule has 1 aliphatic heterocycles. The minimum absolute atomic E-state index is 0.00325. The molecule has 2 aromatic carbocycles. The lowest BCUT2D eigenvalue weighted by Crippen LogP contribution is -2.51. The topological polar surface area (TPSA) is 113 Å². The van der Waals surface area contributed by atoms with Gasteiger partial charge in [0.05, 0.1) is 23.8 Å². The van der Waals surface area contributed by atoms with Gasteiger partial charge in [-0.25, -0.2) is 9.18 Å². The summed E-state index contributed by atoms with van der Waals surface area (Å²) in [6, 6.07) is 11.6. The molecule has 1 saturated heterocycles. The number of rotatable bonds is 4. The monoisotopic (exact) mass is 550 g/mol. The Labute approximate surface area is 220 Å². The number of piperazine rings is 1. The quantitative estimate of drug-likeness (QED) is 0.500. The number of nitrogens with zero attached hydrogens (tertiary/aromatic N) is 4. The summed E-state index contributed by atoms with van der Waals surface area (Å²) in [4.78, 5) is 49.4. The van der Waals surface area contributed by atoms with E-state index in [9.17, 15) is 31.9 Å². The third-order valence-corrected chi connectivity index (χ3v) is 5.97. The number of carboxylic acids is 1. The van der Waals surface area contributed by atoms with Crippen LogP contribution >= 0.6 is 0 Å². The molecule has 1 fully saturated rings. The first-order valence-electron chi connectivity index (χ1n) is 11.9. The van der Waals surface area contributed by atoms with E-state index in [2.05, 4.69) is 5.10 Å². The lowest BCUT2D eigenvalue weighted by atomic mass is 10.1. The Bertz CT molecular complexity index is 1430. The standard InChI is InChI=1S/C24H25FN4O3.C2HF3O2/c1-16(2)23(31)27-9-11-28(12-10-27)24(32)19-13-17(7-8-20(19)25)15-29-21-6-4-3-5-18(21)22(30)14-26-29;3-2(4,5)1(6)7/h3-8,13-14,16H,9-12,15H2,1-2H3;(H,6,7). The fraction of sp³-hybridized carbons (Fsp3) is 0.346. The SMILES string of the molecule is CC(C)C(=O)N1CCN(C(=O)c2cc(Cn3ncc(=O)c4ccccc43)ccc2F)CC1.O=C(O)C(F)(F)F. The highest BCUT2D eigenvalue weighted by Crippen LogP contribution is 2.18. The molecule has 0 atom stereocenters. The first-order chi connectivity index (χ1) is 18.3. The molecule has 39 heavy (non-hydrogen) atoms. The summed E-state index contributed by atoms with van der Waals surface area (Å²) in [6.45, 7) is 5.61. The Morgan fingerprint density at radius 3 is 2.18 bits per heavy atom. The molecule has 1 N–H and O–H groups in total. The van der Waals surface area contributed by atoms with E-state index in [1.54, 1.807) is 38.7 Å². The van der Waals surface area contributed by atoms with Gasteiger partial charge in [-0.1, -0.05) is 32.0 Å². The number of hydrogen-bond acceptors (Lipinski definition) is 5. The van der Waals surface area contributed by atoms with E-state index in [1.807, 2.05) is 19.9 Å². The molecule has 2 heterocycles. The molecule has 0 spiro atoms. The molecular weight excluding hydrogens is 524 g/mol. The number of carbonyl (C=O) groups excluding carboxylic acids is 2. The molecule has 13 heteroatoms. The van der Waals surface area contributed by atoms with E-state index in [0.29, 0.717) is 42.6 Å². The van der Waals surface area contributed by atoms with Crippen molar-refractivity contribution in [1.82, 2.24) is 19.6 Å². The first-order valence-corrected chi connectivity index (χ1v) is 11.9. The summed E-state index contributed by atoms with van der Waals surface area (Å²) >= 11 is 0. The van der Waals surface area contributed by atoms with Crippen LogP contribution in [-0.4, -0.2) is 74.8 Å². The number of halogens is 4. The van der Waals surface area contributed by atoms with Crippen LogP contribution in [0.25, 0.3) is 10.9 Å². The largest absolute Gasteiger partial charge is 0.490 e. The van der Waals surface area contributed by atoms with E-state index < -0.39 is 23.9 Å². The van der Waals surface area contributed by atoms with Gasteiger partial charge in [-0.15, -0.1) is 0 Å². The highest BCUT2D eigenvalue weighted by molar-refractivity contribution is 5.95. The number of amides is 2. The number of aromatic nitrogens is 2. The number of alkyl halides is 3. The van der Waals surface area contributed by atoms with Gasteiger partial charge in [0.2, 0.25) is 11.3 Å². The van der Waals surface area contributed by atoms with Gasteiger partial charge in [0.25, 0.3) is 5.91 Å². The lowest BCUT2D eigenvalue weighted by Gasteiger charge is -2.35. The zero-order valence-corrected chi connectivity index (χ0v) is 21.1. The summed E-state index contributed by atoms with van der Waals surface area (Å²) < 4.78 is 48.0. The second-order valence-corrected chi connectivity index (χ2v) is 9.07. The molecule has 208 valence electrons. The van der Waals surface area contributed by atoms with Gasteiger partial charge in [0.1, 0.15) is 5.82 Å². The van der Waals surface area contributed by atoms with Crippen LogP contribution in [0, 0.1) is 11.7 Å². The number of carboxylic acid groups (broad SMARTS) is 1. The number of aliphatic carboxylic acids is 1. The Morgan fingerprint density at radius 1 is 1.00 bits per heavy atom. The minimum Gasteiger partial charge on any atom is -0.475 e. The van der Waals surface area contributed by atoms with Crippen molar-refractivity contribution in [3.63, 3.8) is 0 Å². The maximum absolute atomic E-state index is 14.6. The van der Waals surface area contributed by atoms with E-state index in [1.165, 1.54) is 18.3 Å². The molecule has 1 aliphatic rings. The highest BCUT2D eigenvalue weighted by Gasteiger charge is 2.38. The molecule has 0 aliphatic carbocycles. The van der Waals surface area contributed by atoms with Crippen LogP contribution in [-0.2, 0) is 16.1 Å². The smallest absolute Gasteiger partial charge is 0.475 e. The van der Waals surface area contributed by atoms with Crippen LogP contribution < -0.4 is 5.43 Å². The van der Waals surface area contributed by atoms with Crippen molar-refractivity contribution in [3.05, 3.63) is 75.8 Å². The van der Waals surface area contributed by atoms with Crippen molar-refractivity contribution in [2.75, 3.05) is 26.2 Å². The number of hydrogen-bond donors (Lipinski definition) is 1. The predicted octanol–water partition coefficient (Wildman–Crippen LogP) is 3.16. The molecule has 2 amide bonds. The summed E-state index contributed by atoms with van der Waals surface area (Å²) in [5, 5.41) is 11.9. The van der Waals surface area contributed by atoms with Gasteiger partial charge >= 0.3 is 12.1 Å². The zero-order chi connectivity index (χ0) is 28.9. The Balaban J connectivity index is 0.000000532. The fourth-order valence-corrected chi connectivity index (χ4v) is 3.96. The Hall–Kier alpha value is -4.29. The normalized spacial score (nSPS) is 13.7. The van der Waals surface area contributed by atoms with Gasteiger partial charge in [-0.2, -0.15) is 18.3 Å². The molecule has 0 bridgehead atoms. The molecule has 0 saturated carbocycles. The summed E-state index contributed by atoms with van der Waals surface area (Å²) in [5.41, 5.74) is 1.20. The van der Waals surface area contributed by atoms with Crippen LogP contribution in [0.5, 0.6) is 0 Å². The molecular formula is C26H26F4N4O5. The van der Waals surface area contributed by atoms with E-state index in [0.717, 1.165) is 0 Å².